The van der Waals surface area contributed by atoms with Crippen molar-refractivity contribution in [3.8, 4) is 0 Å². The molecule has 0 saturated heterocycles. The smallest absolute Gasteiger partial charge is 0.269 e. The van der Waals surface area contributed by atoms with E-state index < -0.39 is 0 Å². The van der Waals surface area contributed by atoms with Crippen LogP contribution in [0.15, 0.2) is 54.6 Å². The first-order valence-corrected chi connectivity index (χ1v) is 8.99. The van der Waals surface area contributed by atoms with Crippen LogP contribution in [0, 0.1) is 16.0 Å². The number of non-ortho nitro benzene ring substituents is 1. The maximum atomic E-state index is 12.7. The van der Waals surface area contributed by atoms with Crippen LogP contribution in [0.25, 0.3) is 0 Å². The van der Waals surface area contributed by atoms with Crippen molar-refractivity contribution >= 4 is 17.3 Å². The van der Waals surface area contributed by atoms with E-state index in [4.69, 9.17) is 0 Å². The molecule has 6 heteroatoms. The van der Waals surface area contributed by atoms with Crippen LogP contribution < -0.4 is 5.32 Å². The second-order valence-corrected chi connectivity index (χ2v) is 7.30. The predicted molar refractivity (Wildman–Crippen MR) is 104 cm³/mol. The molecule has 138 valence electrons. The van der Waals surface area contributed by atoms with Gasteiger partial charge in [-0.25, -0.2) is 0 Å². The van der Waals surface area contributed by atoms with Crippen LogP contribution in [0.1, 0.15) is 39.9 Å². The Hall–Kier alpha value is -3.15. The van der Waals surface area contributed by atoms with Gasteiger partial charge in [0.1, 0.15) is 0 Å². The number of para-hydroxylation sites is 1. The number of anilines is 1. The zero-order valence-corrected chi connectivity index (χ0v) is 15.3. The van der Waals surface area contributed by atoms with Crippen LogP contribution in [-0.2, 0) is 0 Å². The van der Waals surface area contributed by atoms with Gasteiger partial charge in [-0.2, -0.15) is 0 Å². The Kier molecular flexibility index (Phi) is 4.18. The van der Waals surface area contributed by atoms with Crippen molar-refractivity contribution in [1.82, 2.24) is 4.90 Å². The normalized spacial score (nSPS) is 22.5. The van der Waals surface area contributed by atoms with E-state index in [0.717, 1.165) is 23.2 Å². The Morgan fingerprint density at radius 3 is 2.74 bits per heavy atom. The molecule has 1 aliphatic heterocycles. The van der Waals surface area contributed by atoms with Gasteiger partial charge in [0.15, 0.2) is 0 Å². The predicted octanol–water partition coefficient (Wildman–Crippen LogP) is 4.12. The lowest BCUT2D eigenvalue weighted by molar-refractivity contribution is -0.384. The summed E-state index contributed by atoms with van der Waals surface area (Å²) in [6.07, 6.45) is 5.26. The molecule has 0 spiro atoms. The Morgan fingerprint density at radius 1 is 1.22 bits per heavy atom. The lowest BCUT2D eigenvalue weighted by Crippen LogP contribution is -2.32. The van der Waals surface area contributed by atoms with Crippen LogP contribution in [0.2, 0.25) is 0 Å². The van der Waals surface area contributed by atoms with E-state index in [9.17, 15) is 14.9 Å². The number of nitro benzene ring substituents is 1. The van der Waals surface area contributed by atoms with E-state index in [1.54, 1.807) is 31.1 Å². The van der Waals surface area contributed by atoms with E-state index in [1.165, 1.54) is 6.07 Å². The minimum Gasteiger partial charge on any atom is -0.377 e. The van der Waals surface area contributed by atoms with Crippen LogP contribution in [-0.4, -0.2) is 29.8 Å². The first-order chi connectivity index (χ1) is 13.0. The molecule has 1 N–H and O–H groups in total. The van der Waals surface area contributed by atoms with Crippen molar-refractivity contribution in [1.29, 1.82) is 0 Å². The van der Waals surface area contributed by atoms with Gasteiger partial charge in [-0.15, -0.1) is 0 Å². The summed E-state index contributed by atoms with van der Waals surface area (Å²) in [6.45, 7) is 0. The number of carbonyl (C=O) groups excluding carboxylic acids is 1. The summed E-state index contributed by atoms with van der Waals surface area (Å²) in [4.78, 5) is 25.1. The average Bonchev–Trinajstić information content (AvgIpc) is 3.16. The Labute approximate surface area is 157 Å². The van der Waals surface area contributed by atoms with Gasteiger partial charge in [0.25, 0.3) is 11.6 Å². The number of benzene rings is 2. The summed E-state index contributed by atoms with van der Waals surface area (Å²) >= 11 is 0. The summed E-state index contributed by atoms with van der Waals surface area (Å²) in [5, 5.41) is 14.7. The van der Waals surface area contributed by atoms with E-state index in [0.29, 0.717) is 5.56 Å². The van der Waals surface area contributed by atoms with Gasteiger partial charge < -0.3 is 10.2 Å². The van der Waals surface area contributed by atoms with Gasteiger partial charge >= 0.3 is 0 Å². The molecule has 2 aromatic carbocycles. The summed E-state index contributed by atoms with van der Waals surface area (Å²) < 4.78 is 0. The van der Waals surface area contributed by atoms with Gasteiger partial charge in [-0.3, -0.25) is 14.9 Å². The number of hydrogen-bond donors (Lipinski definition) is 1. The molecular weight excluding hydrogens is 342 g/mol. The Morgan fingerprint density at radius 2 is 2.00 bits per heavy atom. The van der Waals surface area contributed by atoms with E-state index in [-0.39, 0.29) is 34.4 Å². The second-order valence-electron chi connectivity index (χ2n) is 7.30. The number of allylic oxidation sites excluding steroid dienone is 2. The second kappa shape index (κ2) is 6.54. The third-order valence-corrected chi connectivity index (χ3v) is 5.47. The number of hydrogen-bond acceptors (Lipinski definition) is 4. The van der Waals surface area contributed by atoms with E-state index >= 15 is 0 Å². The van der Waals surface area contributed by atoms with Gasteiger partial charge in [0, 0.05) is 32.1 Å². The monoisotopic (exact) mass is 363 g/mol. The molecule has 27 heavy (non-hydrogen) atoms. The van der Waals surface area contributed by atoms with Crippen LogP contribution in [0.3, 0.4) is 0 Å². The van der Waals surface area contributed by atoms with Gasteiger partial charge in [-0.05, 0) is 29.5 Å². The third-order valence-electron chi connectivity index (χ3n) is 5.47. The van der Waals surface area contributed by atoms with E-state index in [2.05, 4.69) is 23.5 Å². The molecule has 0 fully saturated rings. The molecule has 3 unspecified atom stereocenters. The van der Waals surface area contributed by atoms with Crippen molar-refractivity contribution < 1.29 is 9.72 Å². The SMILES string of the molecule is CN(C)C(=O)c1cccc2c1NC(c1cccc([N+](=O)[O-])c1)C1CC=CC21. The van der Waals surface area contributed by atoms with Gasteiger partial charge in [-0.1, -0.05) is 36.4 Å². The topological polar surface area (TPSA) is 75.5 Å². The number of nitro groups is 1. The van der Waals surface area contributed by atoms with Gasteiger partial charge in [0.05, 0.1) is 22.2 Å². The lowest BCUT2D eigenvalue weighted by Gasteiger charge is -2.38. The van der Waals surface area contributed by atoms with Gasteiger partial charge in [0.2, 0.25) is 0 Å². The molecule has 3 atom stereocenters. The molecule has 1 heterocycles. The Balaban J connectivity index is 1.82. The minimum absolute atomic E-state index is 0.0578. The quantitative estimate of drug-likeness (QED) is 0.506. The molecule has 0 aromatic heterocycles. The number of nitrogens with zero attached hydrogens (tertiary/aromatic N) is 2. The molecule has 0 radical (unpaired) electrons. The molecule has 2 aromatic rings. The first-order valence-electron chi connectivity index (χ1n) is 8.99. The minimum atomic E-state index is -0.369. The van der Waals surface area contributed by atoms with Crippen LogP contribution in [0.4, 0.5) is 11.4 Å². The van der Waals surface area contributed by atoms with Crippen LogP contribution >= 0.6 is 0 Å². The maximum absolute atomic E-state index is 12.7. The number of nitrogens with one attached hydrogen (secondary N) is 1. The molecule has 0 saturated carbocycles. The molecule has 1 amide bonds. The highest BCUT2D eigenvalue weighted by atomic mass is 16.6. The van der Waals surface area contributed by atoms with Crippen molar-refractivity contribution in [2.75, 3.05) is 19.4 Å². The number of rotatable bonds is 3. The molecule has 6 nitrogen and oxygen atoms in total. The van der Waals surface area contributed by atoms with Crippen molar-refractivity contribution in [2.24, 2.45) is 5.92 Å². The average molecular weight is 363 g/mol. The molecule has 2 aliphatic rings. The Bertz CT molecular complexity index is 951. The summed E-state index contributed by atoms with van der Waals surface area (Å²) in [6, 6.07) is 12.5. The summed E-state index contributed by atoms with van der Waals surface area (Å²) in [5.41, 5.74) is 3.54. The molecular formula is C21H21N3O3. The van der Waals surface area contributed by atoms with Crippen molar-refractivity contribution in [3.63, 3.8) is 0 Å². The summed E-state index contributed by atoms with van der Waals surface area (Å²) in [7, 11) is 3.47. The summed E-state index contributed by atoms with van der Waals surface area (Å²) in [5.74, 6) is 0.405. The largest absolute Gasteiger partial charge is 0.377 e. The highest BCUT2D eigenvalue weighted by molar-refractivity contribution is 6.00. The first kappa shape index (κ1) is 17.3. The van der Waals surface area contributed by atoms with E-state index in [1.807, 2.05) is 18.2 Å². The van der Waals surface area contributed by atoms with Crippen LogP contribution in [0.5, 0.6) is 0 Å². The van der Waals surface area contributed by atoms with Crippen molar-refractivity contribution in [2.45, 2.75) is 18.4 Å². The lowest BCUT2D eigenvalue weighted by atomic mass is 9.76. The molecule has 4 rings (SSSR count). The highest BCUT2D eigenvalue weighted by Crippen LogP contribution is 2.50. The number of fused-ring (bicyclic) bond motifs is 3. The third kappa shape index (κ3) is 2.87. The number of carbonyl (C=O) groups is 1. The fourth-order valence-corrected chi connectivity index (χ4v) is 4.20. The highest BCUT2D eigenvalue weighted by Gasteiger charge is 2.39. The fraction of sp³-hybridized carbons (Fsp3) is 0.286. The maximum Gasteiger partial charge on any atom is 0.269 e. The molecule has 0 bridgehead atoms. The zero-order valence-electron chi connectivity index (χ0n) is 15.3. The number of amides is 1. The molecule has 1 aliphatic carbocycles. The standard InChI is InChI=1S/C21H21N3O3/c1-23(2)21(25)18-11-5-10-17-15-8-4-9-16(15)19(22-20(17)18)13-6-3-7-14(12-13)24(26)27/h3-8,10-12,15-16,19,22H,9H2,1-2H3. The fourth-order valence-electron chi connectivity index (χ4n) is 4.20. The van der Waals surface area contributed by atoms with Crippen molar-refractivity contribution in [3.05, 3.63) is 81.4 Å². The zero-order chi connectivity index (χ0) is 19.1.